The van der Waals surface area contributed by atoms with Gasteiger partial charge in [0.25, 0.3) is 5.91 Å². The van der Waals surface area contributed by atoms with Crippen LogP contribution in [0.1, 0.15) is 36.5 Å². The second-order valence-corrected chi connectivity index (χ2v) is 9.07. The molecule has 1 aliphatic rings. The number of hydrogen-bond donors (Lipinski definition) is 4. The Labute approximate surface area is 192 Å². The first-order chi connectivity index (χ1) is 15.6. The number of hydrogen-bond acceptors (Lipinski definition) is 7. The lowest BCUT2D eigenvalue weighted by atomic mass is 10.0. The van der Waals surface area contributed by atoms with E-state index in [-0.39, 0.29) is 29.3 Å². The maximum absolute atomic E-state index is 14.8. The molecule has 2 aromatic heterocycles. The average molecular weight is 455 g/mol. The smallest absolute Gasteiger partial charge is 0.252 e. The van der Waals surface area contributed by atoms with Crippen LogP contribution in [0.2, 0.25) is 0 Å². The minimum atomic E-state index is -0.770. The summed E-state index contributed by atoms with van der Waals surface area (Å²) in [5.41, 5.74) is 13.2. The molecule has 6 N–H and O–H groups in total. The summed E-state index contributed by atoms with van der Waals surface area (Å²) in [6.45, 7) is 1.89. The Morgan fingerprint density at radius 1 is 1.30 bits per heavy atom. The summed E-state index contributed by atoms with van der Waals surface area (Å²) < 4.78 is 16.6. The van der Waals surface area contributed by atoms with Crippen LogP contribution in [0.3, 0.4) is 0 Å². The lowest BCUT2D eigenvalue weighted by molar-refractivity contribution is 0.100. The van der Waals surface area contributed by atoms with E-state index in [0.717, 1.165) is 29.2 Å². The Kier molecular flexibility index (Phi) is 6.11. The van der Waals surface area contributed by atoms with Gasteiger partial charge in [0.1, 0.15) is 5.82 Å². The van der Waals surface area contributed by atoms with Gasteiger partial charge in [-0.2, -0.15) is 5.10 Å². The van der Waals surface area contributed by atoms with Crippen molar-refractivity contribution in [1.82, 2.24) is 14.8 Å². The van der Waals surface area contributed by atoms with E-state index in [9.17, 15) is 9.18 Å². The third-order valence-corrected chi connectivity index (χ3v) is 6.00. The van der Waals surface area contributed by atoms with E-state index in [1.165, 1.54) is 12.8 Å². The van der Waals surface area contributed by atoms with Crippen molar-refractivity contribution in [3.05, 3.63) is 35.6 Å². The van der Waals surface area contributed by atoms with Crippen molar-refractivity contribution in [1.29, 1.82) is 0 Å². The molecular weight excluding hydrogens is 423 g/mol. The van der Waals surface area contributed by atoms with Gasteiger partial charge < -0.3 is 27.0 Å². The van der Waals surface area contributed by atoms with Gasteiger partial charge in [-0.05, 0) is 43.5 Å². The van der Waals surface area contributed by atoms with E-state index in [4.69, 9.17) is 11.5 Å². The summed E-state index contributed by atoms with van der Waals surface area (Å²) in [5.74, 6) is 0.219. The maximum Gasteiger partial charge on any atom is 0.252 e. The molecule has 0 unspecified atom stereocenters. The summed E-state index contributed by atoms with van der Waals surface area (Å²) in [6.07, 6.45) is 3.18. The predicted molar refractivity (Wildman–Crippen MR) is 129 cm³/mol. The third-order valence-electron chi connectivity index (χ3n) is 6.00. The molecule has 0 radical (unpaired) electrons. The first-order valence-corrected chi connectivity index (χ1v) is 11.1. The van der Waals surface area contributed by atoms with Crippen LogP contribution >= 0.6 is 0 Å². The number of primary amides is 1. The quantitative estimate of drug-likeness (QED) is 0.391. The topological polar surface area (TPSA) is 127 Å². The van der Waals surface area contributed by atoms with Crippen LogP contribution < -0.4 is 27.0 Å². The van der Waals surface area contributed by atoms with E-state index in [1.807, 2.05) is 51.2 Å². The molecule has 0 bridgehead atoms. The average Bonchev–Trinajstić information content (AvgIpc) is 3.50. The highest BCUT2D eigenvalue weighted by atomic mass is 19.1. The maximum atomic E-state index is 14.8. The van der Waals surface area contributed by atoms with Crippen molar-refractivity contribution in [2.45, 2.75) is 38.3 Å². The fourth-order valence-corrected chi connectivity index (χ4v) is 3.96. The number of benzene rings is 1. The zero-order chi connectivity index (χ0) is 23.9. The van der Waals surface area contributed by atoms with Gasteiger partial charge in [0.2, 0.25) is 0 Å². The highest BCUT2D eigenvalue weighted by Gasteiger charge is 2.28. The Balaban J connectivity index is 1.69. The summed E-state index contributed by atoms with van der Waals surface area (Å²) in [7, 11) is 5.72. The Bertz CT molecular complexity index is 1180. The van der Waals surface area contributed by atoms with E-state index in [2.05, 4.69) is 20.7 Å². The molecule has 2 atom stereocenters. The van der Waals surface area contributed by atoms with Gasteiger partial charge in [0.05, 0.1) is 11.1 Å². The number of aromatic nitrogens is 3. The Hall–Kier alpha value is -3.40. The van der Waals surface area contributed by atoms with Crippen molar-refractivity contribution in [3.8, 4) is 0 Å². The molecule has 3 aromatic rings. The van der Waals surface area contributed by atoms with Crippen LogP contribution in [0.15, 0.2) is 24.3 Å². The van der Waals surface area contributed by atoms with Crippen molar-refractivity contribution < 1.29 is 9.18 Å². The molecule has 4 rings (SSSR count). The first-order valence-electron chi connectivity index (χ1n) is 11.1. The number of nitrogens with zero attached hydrogens (tertiary/aromatic N) is 4. The molecule has 2 heterocycles. The number of nitrogens with two attached hydrogens (primary N) is 2. The zero-order valence-electron chi connectivity index (χ0n) is 19.4. The largest absolute Gasteiger partial charge is 0.365 e. The van der Waals surface area contributed by atoms with Gasteiger partial charge in [0.15, 0.2) is 17.5 Å². The monoisotopic (exact) mass is 454 g/mol. The van der Waals surface area contributed by atoms with Gasteiger partial charge in [-0.3, -0.25) is 9.48 Å². The fourth-order valence-electron chi connectivity index (χ4n) is 3.96. The highest BCUT2D eigenvalue weighted by Crippen LogP contribution is 2.35. The molecule has 33 heavy (non-hydrogen) atoms. The lowest BCUT2D eigenvalue weighted by Crippen LogP contribution is -2.39. The van der Waals surface area contributed by atoms with E-state index in [0.29, 0.717) is 11.6 Å². The first kappa shape index (κ1) is 22.8. The number of pyridine rings is 1. The SMILES string of the molecule is C[C@H](N)[C@@H](CC1CC1)Nc1nc(Nc2ccc3c(c2)c(N(C)C)nn3C)c(C(N)=O)cc1F. The number of aryl methyl sites for hydroxylation is 1. The molecular formula is C23H31FN8O. The highest BCUT2D eigenvalue weighted by molar-refractivity contribution is 5.99. The third kappa shape index (κ3) is 4.85. The van der Waals surface area contributed by atoms with Gasteiger partial charge in [-0.25, -0.2) is 9.37 Å². The molecule has 1 amide bonds. The van der Waals surface area contributed by atoms with Crippen molar-refractivity contribution in [2.75, 3.05) is 29.6 Å². The van der Waals surface area contributed by atoms with Gasteiger partial charge in [-0.15, -0.1) is 0 Å². The number of rotatable bonds is 9. The zero-order valence-corrected chi connectivity index (χ0v) is 19.4. The number of carbonyl (C=O) groups excluding carboxylic acids is 1. The minimum Gasteiger partial charge on any atom is -0.365 e. The van der Waals surface area contributed by atoms with Gasteiger partial charge in [0, 0.05) is 44.3 Å². The number of amides is 1. The van der Waals surface area contributed by atoms with Gasteiger partial charge in [-0.1, -0.05) is 12.8 Å². The molecule has 9 nitrogen and oxygen atoms in total. The van der Waals surface area contributed by atoms with Crippen LogP contribution in [0.5, 0.6) is 0 Å². The van der Waals surface area contributed by atoms with Crippen LogP contribution in [-0.4, -0.2) is 46.9 Å². The van der Waals surface area contributed by atoms with Gasteiger partial charge >= 0.3 is 0 Å². The molecule has 0 saturated heterocycles. The summed E-state index contributed by atoms with van der Waals surface area (Å²) >= 11 is 0. The van der Waals surface area contributed by atoms with E-state index in [1.54, 1.807) is 4.68 Å². The number of nitrogens with one attached hydrogen (secondary N) is 2. The molecule has 0 spiro atoms. The molecule has 10 heteroatoms. The predicted octanol–water partition coefficient (Wildman–Crippen LogP) is 2.94. The van der Waals surface area contributed by atoms with Crippen molar-refractivity contribution in [3.63, 3.8) is 0 Å². The Morgan fingerprint density at radius 2 is 2.03 bits per heavy atom. The molecule has 1 saturated carbocycles. The minimum absolute atomic E-state index is 0.0308. The number of halogens is 1. The summed E-state index contributed by atoms with van der Waals surface area (Å²) in [4.78, 5) is 18.4. The summed E-state index contributed by atoms with van der Waals surface area (Å²) in [6, 6.07) is 6.50. The molecule has 1 fully saturated rings. The molecule has 176 valence electrons. The van der Waals surface area contributed by atoms with E-state index >= 15 is 0 Å². The van der Waals surface area contributed by atoms with E-state index < -0.39 is 11.7 Å². The second-order valence-electron chi connectivity index (χ2n) is 9.07. The molecule has 1 aromatic carbocycles. The standard InChI is InChI=1S/C23H31FN8O/c1-12(25)18(9-13-5-6-13)28-22-17(24)11-16(20(26)33)21(29-22)27-14-7-8-19-15(10-14)23(31(2)3)30-32(19)4/h7-8,10-13,18H,5-6,9,25H2,1-4H3,(H2,26,33)(H2,27,28,29)/t12-,18+/m0/s1. The number of anilines is 4. The lowest BCUT2D eigenvalue weighted by Gasteiger charge is -2.24. The van der Waals surface area contributed by atoms with Crippen molar-refractivity contribution in [2.24, 2.45) is 24.4 Å². The van der Waals surface area contributed by atoms with Crippen LogP contribution in [0.4, 0.5) is 27.5 Å². The van der Waals surface area contributed by atoms with Crippen LogP contribution in [-0.2, 0) is 7.05 Å². The fraction of sp³-hybridized carbons (Fsp3) is 0.435. The van der Waals surface area contributed by atoms with Crippen molar-refractivity contribution >= 4 is 40.0 Å². The summed E-state index contributed by atoms with van der Waals surface area (Å²) in [5, 5.41) is 11.7. The normalized spacial score (nSPS) is 15.3. The number of fused-ring (bicyclic) bond motifs is 1. The molecule has 0 aliphatic heterocycles. The number of carbonyl (C=O) groups is 1. The van der Waals surface area contributed by atoms with Crippen LogP contribution in [0.25, 0.3) is 10.9 Å². The Morgan fingerprint density at radius 3 is 2.64 bits per heavy atom. The second kappa shape index (κ2) is 8.86. The molecule has 1 aliphatic carbocycles. The van der Waals surface area contributed by atoms with Crippen LogP contribution in [0, 0.1) is 11.7 Å².